The minimum absolute atomic E-state index is 0.169. The zero-order chi connectivity index (χ0) is 30.5. The summed E-state index contributed by atoms with van der Waals surface area (Å²) in [6.07, 6.45) is 2.58. The Bertz CT molecular complexity index is 2180. The molecule has 43 heavy (non-hydrogen) atoms. The zero-order valence-corrected chi connectivity index (χ0v) is 24.1. The van der Waals surface area contributed by atoms with Gasteiger partial charge in [-0.2, -0.15) is 0 Å². The van der Waals surface area contributed by atoms with Crippen molar-refractivity contribution in [2.24, 2.45) is 0 Å². The maximum absolute atomic E-state index is 13.7. The smallest absolute Gasteiger partial charge is 0.278 e. The van der Waals surface area contributed by atoms with Gasteiger partial charge >= 0.3 is 0 Å². The highest BCUT2D eigenvalue weighted by Gasteiger charge is 2.26. The van der Waals surface area contributed by atoms with Gasteiger partial charge in [0.1, 0.15) is 23.4 Å². The van der Waals surface area contributed by atoms with Gasteiger partial charge in [-0.3, -0.25) is 9.10 Å². The van der Waals surface area contributed by atoms with Gasteiger partial charge in [0.25, 0.3) is 11.7 Å². The minimum atomic E-state index is -3.73. The number of carbonyl (C=O) groups excluding carboxylic acids is 1. The molecule has 0 fully saturated rings. The maximum atomic E-state index is 13.7. The number of aromatic amines is 1. The van der Waals surface area contributed by atoms with Gasteiger partial charge in [-0.25, -0.2) is 12.8 Å². The first-order chi connectivity index (χ1) is 20.6. The number of para-hydroxylation sites is 1. The lowest BCUT2D eigenvalue weighted by atomic mass is 9.98. The van der Waals surface area contributed by atoms with Crippen LogP contribution in [0.2, 0.25) is 0 Å². The Morgan fingerprint density at radius 3 is 2.47 bits per heavy atom. The molecule has 0 aliphatic carbocycles. The lowest BCUT2D eigenvalue weighted by molar-refractivity contribution is 0.0964. The summed E-state index contributed by atoms with van der Waals surface area (Å²) in [5.41, 5.74) is 4.27. The van der Waals surface area contributed by atoms with Crippen molar-refractivity contribution in [1.82, 2.24) is 15.3 Å². The molecule has 0 radical (unpaired) electrons. The molecule has 0 aliphatic heterocycles. The molecule has 2 N–H and O–H groups in total. The van der Waals surface area contributed by atoms with Gasteiger partial charge in [0, 0.05) is 59.0 Å². The number of aromatic nitrogens is 2. The summed E-state index contributed by atoms with van der Waals surface area (Å²) < 4.78 is 46.5. The van der Waals surface area contributed by atoms with Crippen molar-refractivity contribution in [2.45, 2.75) is 0 Å². The Labute approximate surface area is 246 Å². The van der Waals surface area contributed by atoms with Gasteiger partial charge < -0.3 is 19.6 Å². The van der Waals surface area contributed by atoms with Gasteiger partial charge in [0.15, 0.2) is 0 Å². The van der Waals surface area contributed by atoms with Gasteiger partial charge in [0.2, 0.25) is 10.0 Å². The average Bonchev–Trinajstić information content (AvgIpc) is 3.61. The molecule has 0 bridgehead atoms. The van der Waals surface area contributed by atoms with E-state index in [9.17, 15) is 17.6 Å². The number of anilines is 1. The molecule has 214 valence electrons. The Balaban J connectivity index is 1.64. The summed E-state index contributed by atoms with van der Waals surface area (Å²) in [5.74, 6) is -0.502. The van der Waals surface area contributed by atoms with Crippen LogP contribution in [0.1, 0.15) is 10.4 Å². The van der Waals surface area contributed by atoms with E-state index >= 15 is 0 Å². The SMILES string of the molecule is [C-]#[N+]c1ncc(-c2cc3c(C(=O)NC)c(-c4ccc(F)cc4)oc3cc2N(C)S(C)(=O)=O)cc1-c1cc2ccccc2[nH]1. The van der Waals surface area contributed by atoms with Crippen LogP contribution in [0.5, 0.6) is 0 Å². The van der Waals surface area contributed by atoms with Gasteiger partial charge in [-0.15, -0.1) is 4.98 Å². The van der Waals surface area contributed by atoms with Crippen LogP contribution in [0.3, 0.4) is 0 Å². The molecule has 0 saturated heterocycles. The number of amides is 1. The third kappa shape index (κ3) is 4.87. The molecule has 3 aromatic carbocycles. The lowest BCUT2D eigenvalue weighted by Crippen LogP contribution is -2.25. The first-order valence-corrected chi connectivity index (χ1v) is 14.9. The maximum Gasteiger partial charge on any atom is 0.278 e. The largest absolute Gasteiger partial charge is 0.455 e. The number of nitrogens with one attached hydrogen (secondary N) is 2. The summed E-state index contributed by atoms with van der Waals surface area (Å²) in [6, 6.07) is 20.2. The summed E-state index contributed by atoms with van der Waals surface area (Å²) in [7, 11) is -0.825. The molecule has 0 atom stereocenters. The number of nitrogens with zero attached hydrogens (tertiary/aromatic N) is 3. The lowest BCUT2D eigenvalue weighted by Gasteiger charge is -2.20. The van der Waals surface area contributed by atoms with Gasteiger partial charge in [-0.1, -0.05) is 30.8 Å². The highest BCUT2D eigenvalue weighted by atomic mass is 32.2. The molecule has 0 unspecified atom stereocenters. The number of pyridine rings is 1. The normalized spacial score (nSPS) is 11.5. The summed E-state index contributed by atoms with van der Waals surface area (Å²) in [6.45, 7) is 7.72. The fourth-order valence-electron chi connectivity index (χ4n) is 5.07. The molecular weight excluding hydrogens is 569 g/mol. The van der Waals surface area contributed by atoms with Gasteiger partial charge in [0.05, 0.1) is 17.5 Å². The van der Waals surface area contributed by atoms with E-state index in [0.717, 1.165) is 21.5 Å². The number of fused-ring (bicyclic) bond motifs is 2. The fourth-order valence-corrected chi connectivity index (χ4v) is 5.58. The number of halogens is 1. The molecule has 0 saturated carbocycles. The predicted molar refractivity (Wildman–Crippen MR) is 165 cm³/mol. The Kier molecular flexibility index (Phi) is 6.71. The summed E-state index contributed by atoms with van der Waals surface area (Å²) in [5, 5.41) is 4.01. The van der Waals surface area contributed by atoms with E-state index < -0.39 is 21.7 Å². The first-order valence-electron chi connectivity index (χ1n) is 13.1. The Morgan fingerprint density at radius 2 is 1.79 bits per heavy atom. The predicted octanol–water partition coefficient (Wildman–Crippen LogP) is 6.76. The standard InChI is InChI=1S/C32H24FN5O4S/c1-34-31-23(26-14-19-7-5-6-8-25(19)37-26)13-20(17-36-31)22-15-24-28(16-27(22)38(3)43(4,40)41)42-30(29(24)32(39)35-2)18-9-11-21(33)12-10-18/h5-17,37H,2-4H3,(H,35,39). The second-order valence-corrected chi connectivity index (χ2v) is 12.0. The first kappa shape index (κ1) is 27.7. The van der Waals surface area contributed by atoms with E-state index in [1.54, 1.807) is 18.2 Å². The summed E-state index contributed by atoms with van der Waals surface area (Å²) >= 11 is 0. The van der Waals surface area contributed by atoms with Crippen molar-refractivity contribution in [2.75, 3.05) is 24.7 Å². The quantitative estimate of drug-likeness (QED) is 0.207. The van der Waals surface area contributed by atoms with Crippen molar-refractivity contribution in [3.8, 4) is 33.7 Å². The molecule has 1 amide bonds. The molecular formula is C32H24FN5O4S. The van der Waals surface area contributed by atoms with E-state index in [2.05, 4.69) is 20.1 Å². The molecule has 0 spiro atoms. The van der Waals surface area contributed by atoms with Crippen LogP contribution < -0.4 is 9.62 Å². The van der Waals surface area contributed by atoms with Crippen molar-refractivity contribution < 1.29 is 22.0 Å². The molecule has 11 heteroatoms. The molecule has 3 aromatic heterocycles. The van der Waals surface area contributed by atoms with Crippen LogP contribution in [0.15, 0.2) is 83.4 Å². The van der Waals surface area contributed by atoms with Gasteiger partial charge in [-0.05, 0) is 47.9 Å². The minimum Gasteiger partial charge on any atom is -0.455 e. The third-order valence-corrected chi connectivity index (χ3v) is 8.50. The highest BCUT2D eigenvalue weighted by molar-refractivity contribution is 7.92. The highest BCUT2D eigenvalue weighted by Crippen LogP contribution is 2.43. The fraction of sp³-hybridized carbons (Fsp3) is 0.0938. The Morgan fingerprint density at radius 1 is 1.05 bits per heavy atom. The van der Waals surface area contributed by atoms with E-state index in [1.165, 1.54) is 44.6 Å². The molecule has 6 rings (SSSR count). The van der Waals surface area contributed by atoms with Crippen LogP contribution in [0, 0.1) is 12.4 Å². The number of H-pyrrole nitrogens is 1. The number of hydrogen-bond donors (Lipinski definition) is 2. The van der Waals surface area contributed by atoms with Crippen molar-refractivity contribution in [3.05, 3.63) is 102 Å². The van der Waals surface area contributed by atoms with Crippen molar-refractivity contribution in [1.29, 1.82) is 0 Å². The molecule has 0 aliphatic rings. The average molecular weight is 594 g/mol. The Hall–Kier alpha value is -5.47. The number of benzene rings is 3. The molecule has 3 heterocycles. The topological polar surface area (TPSA) is 113 Å². The number of rotatable bonds is 6. The van der Waals surface area contributed by atoms with E-state index in [-0.39, 0.29) is 28.4 Å². The number of hydrogen-bond acceptors (Lipinski definition) is 5. The van der Waals surface area contributed by atoms with Crippen LogP contribution in [-0.2, 0) is 10.0 Å². The summed E-state index contributed by atoms with van der Waals surface area (Å²) in [4.78, 5) is 24.5. The number of furan rings is 1. The number of carbonyl (C=O) groups is 1. The van der Waals surface area contributed by atoms with Crippen LogP contribution >= 0.6 is 0 Å². The van der Waals surface area contributed by atoms with Crippen LogP contribution in [-0.4, -0.2) is 44.6 Å². The third-order valence-electron chi connectivity index (χ3n) is 7.31. The second kappa shape index (κ2) is 10.4. The van der Waals surface area contributed by atoms with Crippen molar-refractivity contribution in [3.63, 3.8) is 0 Å². The van der Waals surface area contributed by atoms with E-state index in [1.807, 2.05) is 30.3 Å². The zero-order valence-electron chi connectivity index (χ0n) is 23.3. The monoisotopic (exact) mass is 593 g/mol. The van der Waals surface area contributed by atoms with E-state index in [4.69, 9.17) is 11.0 Å². The van der Waals surface area contributed by atoms with E-state index in [0.29, 0.717) is 33.3 Å². The van der Waals surface area contributed by atoms with Crippen LogP contribution in [0.4, 0.5) is 15.9 Å². The second-order valence-electron chi connectivity index (χ2n) is 9.97. The molecule has 9 nitrogen and oxygen atoms in total. The van der Waals surface area contributed by atoms with Crippen LogP contribution in [0.25, 0.3) is 60.4 Å². The van der Waals surface area contributed by atoms with Crippen molar-refractivity contribution >= 4 is 49.3 Å². The molecule has 6 aromatic rings. The number of sulfonamides is 1.